The SMILES string of the molecule is CCOc1ccc(CNC(C(N)=O)C(C)C)cc1. The second kappa shape index (κ2) is 7.01. The van der Waals surface area contributed by atoms with Crippen molar-refractivity contribution >= 4 is 5.91 Å². The van der Waals surface area contributed by atoms with Gasteiger partial charge in [0.25, 0.3) is 0 Å². The first-order valence-corrected chi connectivity index (χ1v) is 6.29. The topological polar surface area (TPSA) is 64.3 Å². The number of nitrogens with two attached hydrogens (primary N) is 1. The average molecular weight is 250 g/mol. The monoisotopic (exact) mass is 250 g/mol. The molecule has 4 nitrogen and oxygen atoms in total. The number of carbonyl (C=O) groups is 1. The molecule has 1 amide bonds. The van der Waals surface area contributed by atoms with Gasteiger partial charge in [-0.3, -0.25) is 4.79 Å². The largest absolute Gasteiger partial charge is 0.494 e. The minimum absolute atomic E-state index is 0.185. The predicted molar refractivity (Wildman–Crippen MR) is 72.3 cm³/mol. The van der Waals surface area contributed by atoms with E-state index in [1.54, 1.807) is 0 Å². The molecule has 1 aromatic carbocycles. The van der Waals surface area contributed by atoms with Gasteiger partial charge in [0.1, 0.15) is 5.75 Å². The van der Waals surface area contributed by atoms with E-state index in [1.807, 2.05) is 45.0 Å². The lowest BCUT2D eigenvalue weighted by molar-refractivity contribution is -0.121. The molecule has 0 aromatic heterocycles. The summed E-state index contributed by atoms with van der Waals surface area (Å²) in [5, 5.41) is 3.17. The number of nitrogens with one attached hydrogen (secondary N) is 1. The van der Waals surface area contributed by atoms with Gasteiger partial charge in [-0.25, -0.2) is 0 Å². The number of rotatable bonds is 7. The van der Waals surface area contributed by atoms with E-state index in [0.29, 0.717) is 13.2 Å². The molecule has 1 atom stereocenters. The summed E-state index contributed by atoms with van der Waals surface area (Å²) in [5.74, 6) is 0.734. The Morgan fingerprint density at radius 3 is 2.39 bits per heavy atom. The number of hydrogen-bond acceptors (Lipinski definition) is 3. The molecule has 1 unspecified atom stereocenters. The molecular weight excluding hydrogens is 228 g/mol. The van der Waals surface area contributed by atoms with Gasteiger partial charge in [-0.05, 0) is 30.5 Å². The summed E-state index contributed by atoms with van der Waals surface area (Å²) < 4.78 is 5.37. The Morgan fingerprint density at radius 1 is 1.33 bits per heavy atom. The molecule has 0 aliphatic heterocycles. The van der Waals surface area contributed by atoms with Crippen LogP contribution in [0.25, 0.3) is 0 Å². The lowest BCUT2D eigenvalue weighted by Gasteiger charge is -2.19. The summed E-state index contributed by atoms with van der Waals surface area (Å²) in [4.78, 5) is 11.2. The van der Waals surface area contributed by atoms with Gasteiger partial charge in [-0.1, -0.05) is 26.0 Å². The van der Waals surface area contributed by atoms with Gasteiger partial charge in [0, 0.05) is 6.54 Å². The summed E-state index contributed by atoms with van der Waals surface area (Å²) in [7, 11) is 0. The zero-order valence-corrected chi connectivity index (χ0v) is 11.3. The van der Waals surface area contributed by atoms with Crippen molar-refractivity contribution in [3.05, 3.63) is 29.8 Å². The Labute approximate surface area is 109 Å². The highest BCUT2D eigenvalue weighted by molar-refractivity contribution is 5.80. The first kappa shape index (κ1) is 14.5. The Hall–Kier alpha value is -1.55. The number of carbonyl (C=O) groups excluding carboxylic acids is 1. The molecule has 0 radical (unpaired) electrons. The van der Waals surface area contributed by atoms with Gasteiger partial charge in [-0.2, -0.15) is 0 Å². The molecule has 0 fully saturated rings. The standard InChI is InChI=1S/C14H22N2O2/c1-4-18-12-7-5-11(6-8-12)9-16-13(10(2)3)14(15)17/h5-8,10,13,16H,4,9H2,1-3H3,(H2,15,17). The highest BCUT2D eigenvalue weighted by Crippen LogP contribution is 2.12. The van der Waals surface area contributed by atoms with Crippen LogP contribution in [0, 0.1) is 5.92 Å². The number of amides is 1. The van der Waals surface area contributed by atoms with Crippen LogP contribution in [0.1, 0.15) is 26.3 Å². The average Bonchev–Trinajstić information content (AvgIpc) is 2.31. The maximum atomic E-state index is 11.2. The van der Waals surface area contributed by atoms with Crippen molar-refractivity contribution in [2.75, 3.05) is 6.61 Å². The summed E-state index contributed by atoms with van der Waals surface area (Å²) in [6, 6.07) is 7.52. The van der Waals surface area contributed by atoms with Crippen molar-refractivity contribution in [2.45, 2.75) is 33.4 Å². The third-order valence-electron chi connectivity index (χ3n) is 2.73. The van der Waals surface area contributed by atoms with Crippen molar-refractivity contribution in [3.8, 4) is 5.75 Å². The first-order chi connectivity index (χ1) is 8.54. The van der Waals surface area contributed by atoms with Crippen LogP contribution < -0.4 is 15.8 Å². The maximum Gasteiger partial charge on any atom is 0.234 e. The van der Waals surface area contributed by atoms with E-state index in [-0.39, 0.29) is 17.9 Å². The lowest BCUT2D eigenvalue weighted by Crippen LogP contribution is -2.44. The second-order valence-corrected chi connectivity index (χ2v) is 4.58. The van der Waals surface area contributed by atoms with Gasteiger partial charge >= 0.3 is 0 Å². The van der Waals surface area contributed by atoms with E-state index < -0.39 is 0 Å². The van der Waals surface area contributed by atoms with Crippen molar-refractivity contribution in [3.63, 3.8) is 0 Å². The number of ether oxygens (including phenoxy) is 1. The van der Waals surface area contributed by atoms with Crippen LogP contribution in [0.15, 0.2) is 24.3 Å². The highest BCUT2D eigenvalue weighted by Gasteiger charge is 2.18. The van der Waals surface area contributed by atoms with Crippen LogP contribution in [-0.4, -0.2) is 18.6 Å². The molecule has 0 spiro atoms. The fraction of sp³-hybridized carbons (Fsp3) is 0.500. The van der Waals surface area contributed by atoms with Crippen molar-refractivity contribution in [1.29, 1.82) is 0 Å². The van der Waals surface area contributed by atoms with E-state index in [9.17, 15) is 4.79 Å². The fourth-order valence-electron chi connectivity index (χ4n) is 1.76. The number of primary amides is 1. The van der Waals surface area contributed by atoms with Gasteiger partial charge in [0.2, 0.25) is 5.91 Å². The zero-order chi connectivity index (χ0) is 13.5. The van der Waals surface area contributed by atoms with E-state index in [0.717, 1.165) is 11.3 Å². The van der Waals surface area contributed by atoms with Crippen molar-refractivity contribution < 1.29 is 9.53 Å². The quantitative estimate of drug-likeness (QED) is 0.774. The second-order valence-electron chi connectivity index (χ2n) is 4.58. The molecular formula is C14H22N2O2. The van der Waals surface area contributed by atoms with Crippen LogP contribution in [-0.2, 0) is 11.3 Å². The van der Waals surface area contributed by atoms with E-state index in [4.69, 9.17) is 10.5 Å². The lowest BCUT2D eigenvalue weighted by atomic mass is 10.0. The van der Waals surface area contributed by atoms with Crippen LogP contribution >= 0.6 is 0 Å². The molecule has 0 aliphatic carbocycles. The van der Waals surface area contributed by atoms with Crippen LogP contribution in [0.4, 0.5) is 0 Å². The molecule has 3 N–H and O–H groups in total. The third-order valence-corrected chi connectivity index (χ3v) is 2.73. The Morgan fingerprint density at radius 2 is 1.94 bits per heavy atom. The first-order valence-electron chi connectivity index (χ1n) is 6.29. The van der Waals surface area contributed by atoms with Gasteiger partial charge in [-0.15, -0.1) is 0 Å². The predicted octanol–water partition coefficient (Wildman–Crippen LogP) is 1.68. The molecule has 0 aliphatic rings. The molecule has 1 rings (SSSR count). The molecule has 0 saturated carbocycles. The molecule has 18 heavy (non-hydrogen) atoms. The fourth-order valence-corrected chi connectivity index (χ4v) is 1.76. The smallest absolute Gasteiger partial charge is 0.234 e. The Balaban J connectivity index is 2.54. The number of hydrogen-bond donors (Lipinski definition) is 2. The third kappa shape index (κ3) is 4.37. The van der Waals surface area contributed by atoms with Crippen LogP contribution in [0.5, 0.6) is 5.75 Å². The van der Waals surface area contributed by atoms with Gasteiger partial charge in [0.05, 0.1) is 12.6 Å². The minimum Gasteiger partial charge on any atom is -0.494 e. The normalized spacial score (nSPS) is 12.4. The van der Waals surface area contributed by atoms with Gasteiger partial charge in [0.15, 0.2) is 0 Å². The molecule has 1 aromatic rings. The zero-order valence-electron chi connectivity index (χ0n) is 11.3. The van der Waals surface area contributed by atoms with Gasteiger partial charge < -0.3 is 15.8 Å². The van der Waals surface area contributed by atoms with Crippen LogP contribution in [0.3, 0.4) is 0 Å². The van der Waals surface area contributed by atoms with E-state index >= 15 is 0 Å². The highest BCUT2D eigenvalue weighted by atomic mass is 16.5. The molecule has 4 heteroatoms. The summed E-state index contributed by atoms with van der Waals surface area (Å²) >= 11 is 0. The summed E-state index contributed by atoms with van der Waals surface area (Å²) in [6.07, 6.45) is 0. The van der Waals surface area contributed by atoms with Crippen molar-refractivity contribution in [1.82, 2.24) is 5.32 Å². The summed E-state index contributed by atoms with van der Waals surface area (Å²) in [5.41, 5.74) is 6.45. The molecule has 0 saturated heterocycles. The molecule has 0 heterocycles. The maximum absolute atomic E-state index is 11.2. The van der Waals surface area contributed by atoms with Crippen LogP contribution in [0.2, 0.25) is 0 Å². The minimum atomic E-state index is -0.309. The number of benzene rings is 1. The molecule has 100 valence electrons. The van der Waals surface area contributed by atoms with E-state index in [1.165, 1.54) is 0 Å². The Bertz CT molecular complexity index is 374. The Kier molecular flexibility index (Phi) is 5.65. The summed E-state index contributed by atoms with van der Waals surface area (Å²) in [6.45, 7) is 7.18. The van der Waals surface area contributed by atoms with Crippen molar-refractivity contribution in [2.24, 2.45) is 11.7 Å². The van der Waals surface area contributed by atoms with E-state index in [2.05, 4.69) is 5.32 Å². The molecule has 0 bridgehead atoms.